The molecule has 6 nitrogen and oxygen atoms in total. The van der Waals surface area contributed by atoms with Crippen LogP contribution in [0.1, 0.15) is 26.3 Å². The summed E-state index contributed by atoms with van der Waals surface area (Å²) in [5.74, 6) is 0.737. The number of amides is 1. The average Bonchev–Trinajstić information content (AvgIpc) is 2.45. The number of ether oxygens (including phenoxy) is 1. The third-order valence-electron chi connectivity index (χ3n) is 2.96. The van der Waals surface area contributed by atoms with Crippen molar-refractivity contribution < 1.29 is 9.53 Å². The second kappa shape index (κ2) is 11.4. The average molecular weight is 483 g/mol. The number of aliphatic imine (C=N–C) groups is 1. The lowest BCUT2D eigenvalue weighted by atomic mass is 10.2. The van der Waals surface area contributed by atoms with Crippen LogP contribution in [0.4, 0.5) is 4.79 Å². The Morgan fingerprint density at radius 1 is 1.28 bits per heavy atom. The van der Waals surface area contributed by atoms with Crippen molar-refractivity contribution in [3.8, 4) is 0 Å². The van der Waals surface area contributed by atoms with Crippen LogP contribution in [-0.4, -0.2) is 49.7 Å². The minimum absolute atomic E-state index is 0. The summed E-state index contributed by atoms with van der Waals surface area (Å²) >= 11 is 6.00. The number of carbonyl (C=O) groups excluding carboxylic acids is 1. The molecule has 0 atom stereocenters. The number of alkyl carbamates (subject to hydrolysis) is 1. The van der Waals surface area contributed by atoms with E-state index in [0.29, 0.717) is 24.7 Å². The van der Waals surface area contributed by atoms with Gasteiger partial charge in [-0.25, -0.2) is 4.79 Å². The summed E-state index contributed by atoms with van der Waals surface area (Å²) in [5, 5.41) is 6.61. The second-order valence-corrected chi connectivity index (χ2v) is 6.83. The summed E-state index contributed by atoms with van der Waals surface area (Å²) in [6, 6.07) is 7.71. The van der Waals surface area contributed by atoms with Crippen LogP contribution in [0.2, 0.25) is 5.02 Å². The van der Waals surface area contributed by atoms with Crippen LogP contribution in [0.3, 0.4) is 0 Å². The summed E-state index contributed by atoms with van der Waals surface area (Å²) in [7, 11) is 3.66. The molecule has 0 aliphatic heterocycles. The molecule has 1 rings (SSSR count). The van der Waals surface area contributed by atoms with Crippen LogP contribution < -0.4 is 10.6 Å². The standard InChI is InChI=1S/C17H27ClN4O2.HI/c1-17(2,3)24-16(23)21-10-9-20-15(19-4)22(5)12-13-7-6-8-14(18)11-13;/h6-8,11H,9-10,12H2,1-5H3,(H,19,20)(H,21,23);1H. The van der Waals surface area contributed by atoms with Crippen molar-refractivity contribution in [1.29, 1.82) is 0 Å². The first-order valence-corrected chi connectivity index (χ1v) is 8.22. The second-order valence-electron chi connectivity index (χ2n) is 6.39. The Bertz CT molecular complexity index is 576. The molecule has 0 fully saturated rings. The topological polar surface area (TPSA) is 66.0 Å². The van der Waals surface area contributed by atoms with Crippen LogP contribution in [0.5, 0.6) is 0 Å². The predicted molar refractivity (Wildman–Crippen MR) is 114 cm³/mol. The van der Waals surface area contributed by atoms with E-state index in [2.05, 4.69) is 15.6 Å². The van der Waals surface area contributed by atoms with Crippen molar-refractivity contribution in [2.75, 3.05) is 27.2 Å². The van der Waals surface area contributed by atoms with Gasteiger partial charge in [0.05, 0.1) is 0 Å². The van der Waals surface area contributed by atoms with Gasteiger partial charge < -0.3 is 20.3 Å². The molecule has 0 saturated heterocycles. The molecule has 2 N–H and O–H groups in total. The van der Waals surface area contributed by atoms with Crippen LogP contribution in [0.15, 0.2) is 29.3 Å². The van der Waals surface area contributed by atoms with Crippen molar-refractivity contribution in [3.63, 3.8) is 0 Å². The molecule has 0 heterocycles. The molecular weight excluding hydrogens is 455 g/mol. The Hall–Kier alpha value is -1.22. The van der Waals surface area contributed by atoms with E-state index in [0.717, 1.165) is 11.5 Å². The SMILES string of the molecule is CN=C(NCCNC(=O)OC(C)(C)C)N(C)Cc1cccc(Cl)c1.I. The van der Waals surface area contributed by atoms with Crippen LogP contribution in [-0.2, 0) is 11.3 Å². The molecule has 8 heteroatoms. The number of nitrogens with zero attached hydrogens (tertiary/aromatic N) is 2. The highest BCUT2D eigenvalue weighted by Gasteiger charge is 2.15. The van der Waals surface area contributed by atoms with Crippen molar-refractivity contribution >= 4 is 47.6 Å². The molecule has 0 radical (unpaired) electrons. The van der Waals surface area contributed by atoms with Gasteiger partial charge in [0.15, 0.2) is 5.96 Å². The van der Waals surface area contributed by atoms with Crippen LogP contribution in [0, 0.1) is 0 Å². The Kier molecular flexibility index (Phi) is 10.8. The highest BCUT2D eigenvalue weighted by atomic mass is 127. The summed E-state index contributed by atoms with van der Waals surface area (Å²) in [6.45, 7) is 7.16. The van der Waals surface area contributed by atoms with E-state index in [-0.39, 0.29) is 24.0 Å². The van der Waals surface area contributed by atoms with Gasteiger partial charge in [-0.05, 0) is 38.5 Å². The van der Waals surface area contributed by atoms with Crippen molar-refractivity contribution in [3.05, 3.63) is 34.9 Å². The summed E-state index contributed by atoms with van der Waals surface area (Å²) < 4.78 is 5.18. The van der Waals surface area contributed by atoms with E-state index >= 15 is 0 Å². The van der Waals surface area contributed by atoms with Crippen molar-refractivity contribution in [2.45, 2.75) is 32.9 Å². The number of halogens is 2. The molecule has 0 aliphatic carbocycles. The summed E-state index contributed by atoms with van der Waals surface area (Å²) in [5.41, 5.74) is 0.602. The lowest BCUT2D eigenvalue weighted by Gasteiger charge is -2.23. The molecular formula is C17H28ClIN4O2. The smallest absolute Gasteiger partial charge is 0.407 e. The van der Waals surface area contributed by atoms with Crippen molar-refractivity contribution in [1.82, 2.24) is 15.5 Å². The van der Waals surface area contributed by atoms with E-state index in [9.17, 15) is 4.79 Å². The highest BCUT2D eigenvalue weighted by molar-refractivity contribution is 14.0. The maximum atomic E-state index is 11.6. The van der Waals surface area contributed by atoms with Gasteiger partial charge in [-0.3, -0.25) is 4.99 Å². The van der Waals surface area contributed by atoms with Gasteiger partial charge in [0, 0.05) is 38.8 Å². The van der Waals surface area contributed by atoms with Gasteiger partial charge in [0.2, 0.25) is 0 Å². The Balaban J connectivity index is 0.00000576. The monoisotopic (exact) mass is 482 g/mol. The molecule has 0 aromatic heterocycles. The zero-order valence-corrected chi connectivity index (χ0v) is 18.5. The summed E-state index contributed by atoms with van der Waals surface area (Å²) in [4.78, 5) is 17.8. The van der Waals surface area contributed by atoms with E-state index in [1.54, 1.807) is 7.05 Å². The Labute approximate surface area is 172 Å². The minimum atomic E-state index is -0.495. The fraction of sp³-hybridized carbons (Fsp3) is 0.529. The minimum Gasteiger partial charge on any atom is -0.444 e. The summed E-state index contributed by atoms with van der Waals surface area (Å²) in [6.07, 6.45) is -0.424. The number of guanidine groups is 1. The van der Waals surface area contributed by atoms with Crippen LogP contribution in [0.25, 0.3) is 0 Å². The number of hydrogen-bond donors (Lipinski definition) is 2. The third-order valence-corrected chi connectivity index (χ3v) is 3.19. The molecule has 0 aliphatic rings. The Morgan fingerprint density at radius 3 is 2.48 bits per heavy atom. The predicted octanol–water partition coefficient (Wildman–Crippen LogP) is 3.49. The van der Waals surface area contributed by atoms with Gasteiger partial charge >= 0.3 is 6.09 Å². The van der Waals surface area contributed by atoms with Crippen LogP contribution >= 0.6 is 35.6 Å². The number of nitrogens with one attached hydrogen (secondary N) is 2. The maximum Gasteiger partial charge on any atom is 0.407 e. The molecule has 1 aromatic rings. The zero-order valence-electron chi connectivity index (χ0n) is 15.4. The lowest BCUT2D eigenvalue weighted by Crippen LogP contribution is -2.43. The molecule has 1 amide bonds. The third kappa shape index (κ3) is 10.4. The molecule has 0 spiro atoms. The normalized spacial score (nSPS) is 11.4. The maximum absolute atomic E-state index is 11.6. The van der Waals surface area contributed by atoms with Gasteiger partial charge in [0.25, 0.3) is 0 Å². The first kappa shape index (κ1) is 23.8. The van der Waals surface area contributed by atoms with E-state index < -0.39 is 11.7 Å². The molecule has 142 valence electrons. The molecule has 1 aromatic carbocycles. The quantitative estimate of drug-likeness (QED) is 0.292. The molecule has 25 heavy (non-hydrogen) atoms. The molecule has 0 saturated carbocycles. The Morgan fingerprint density at radius 2 is 1.92 bits per heavy atom. The number of carbonyl (C=O) groups is 1. The largest absolute Gasteiger partial charge is 0.444 e. The first-order valence-electron chi connectivity index (χ1n) is 7.84. The fourth-order valence-corrected chi connectivity index (χ4v) is 2.23. The van der Waals surface area contributed by atoms with Gasteiger partial charge in [-0.1, -0.05) is 23.7 Å². The zero-order chi connectivity index (χ0) is 18.2. The number of rotatable bonds is 5. The van der Waals surface area contributed by atoms with Gasteiger partial charge in [-0.15, -0.1) is 24.0 Å². The number of benzene rings is 1. The molecule has 0 bridgehead atoms. The lowest BCUT2D eigenvalue weighted by molar-refractivity contribution is 0.0529. The van der Waals surface area contributed by atoms with E-state index in [1.165, 1.54) is 0 Å². The first-order chi connectivity index (χ1) is 11.2. The van der Waals surface area contributed by atoms with Gasteiger partial charge in [-0.2, -0.15) is 0 Å². The molecule has 0 unspecified atom stereocenters. The van der Waals surface area contributed by atoms with Crippen molar-refractivity contribution in [2.24, 2.45) is 4.99 Å². The van der Waals surface area contributed by atoms with E-state index in [1.807, 2.05) is 57.0 Å². The fourth-order valence-electron chi connectivity index (χ4n) is 2.02. The number of hydrogen-bond acceptors (Lipinski definition) is 3. The van der Waals surface area contributed by atoms with E-state index in [4.69, 9.17) is 16.3 Å². The van der Waals surface area contributed by atoms with Gasteiger partial charge in [0.1, 0.15) is 5.60 Å². The highest BCUT2D eigenvalue weighted by Crippen LogP contribution is 2.12.